The van der Waals surface area contributed by atoms with E-state index in [4.69, 9.17) is 0 Å². The topological polar surface area (TPSA) is 66.5 Å². The molecule has 0 aliphatic heterocycles. The van der Waals surface area contributed by atoms with Gasteiger partial charge >= 0.3 is 0 Å². The van der Waals surface area contributed by atoms with Crippen molar-refractivity contribution < 1.29 is 17.6 Å². The molecule has 1 aromatic rings. The van der Waals surface area contributed by atoms with E-state index in [1.165, 1.54) is 30.3 Å². The number of sulfonamides is 1. The molecule has 0 spiro atoms. The molecule has 0 bridgehead atoms. The van der Waals surface area contributed by atoms with Crippen LogP contribution >= 0.6 is 0 Å². The van der Waals surface area contributed by atoms with Crippen LogP contribution in [0.3, 0.4) is 0 Å². The van der Waals surface area contributed by atoms with Crippen LogP contribution in [0.2, 0.25) is 0 Å². The summed E-state index contributed by atoms with van der Waals surface area (Å²) in [5, 5.41) is 2.53. The van der Waals surface area contributed by atoms with E-state index in [-0.39, 0.29) is 24.6 Å². The number of benzene rings is 1. The second-order valence-corrected chi connectivity index (χ2v) is 6.04. The quantitative estimate of drug-likeness (QED) is 0.772. The highest BCUT2D eigenvalue weighted by molar-refractivity contribution is 7.92. The summed E-state index contributed by atoms with van der Waals surface area (Å²) < 4.78 is 38.0. The molecule has 0 saturated heterocycles. The van der Waals surface area contributed by atoms with Crippen molar-refractivity contribution in [2.24, 2.45) is 0 Å². The summed E-state index contributed by atoms with van der Waals surface area (Å²) in [5.74, 6) is -0.973. The number of carbonyl (C=O) groups is 1. The zero-order chi connectivity index (χ0) is 15.2. The van der Waals surface area contributed by atoms with Gasteiger partial charge < -0.3 is 5.32 Å². The molecule has 110 valence electrons. The van der Waals surface area contributed by atoms with Crippen LogP contribution in [0.1, 0.15) is 6.42 Å². The van der Waals surface area contributed by atoms with Gasteiger partial charge in [0.25, 0.3) is 0 Å². The maximum Gasteiger partial charge on any atom is 0.232 e. The molecule has 0 heterocycles. The van der Waals surface area contributed by atoms with Gasteiger partial charge in [-0.1, -0.05) is 18.2 Å². The second kappa shape index (κ2) is 7.04. The first kappa shape index (κ1) is 16.2. The van der Waals surface area contributed by atoms with E-state index >= 15 is 0 Å². The Morgan fingerprint density at radius 2 is 2.10 bits per heavy atom. The van der Waals surface area contributed by atoms with Crippen molar-refractivity contribution in [1.29, 1.82) is 0 Å². The second-order valence-electron chi connectivity index (χ2n) is 4.13. The molecule has 0 saturated carbocycles. The Morgan fingerprint density at radius 3 is 2.65 bits per heavy atom. The van der Waals surface area contributed by atoms with E-state index in [1.54, 1.807) is 0 Å². The number of hydrogen-bond acceptors (Lipinski definition) is 3. The molecule has 0 atom stereocenters. The molecular weight excluding hydrogens is 283 g/mol. The van der Waals surface area contributed by atoms with Crippen LogP contribution < -0.4 is 9.62 Å². The Balaban J connectivity index is 2.85. The Morgan fingerprint density at radius 1 is 1.45 bits per heavy atom. The lowest BCUT2D eigenvalue weighted by Crippen LogP contribution is -2.35. The Hall–Kier alpha value is -1.89. The molecular formula is C13H17FN2O3S. The van der Waals surface area contributed by atoms with Crippen LogP contribution in [-0.2, 0) is 14.8 Å². The molecule has 7 heteroatoms. The zero-order valence-corrected chi connectivity index (χ0v) is 12.0. The van der Waals surface area contributed by atoms with Crippen LogP contribution in [-0.4, -0.2) is 33.7 Å². The summed E-state index contributed by atoms with van der Waals surface area (Å²) in [4.78, 5) is 11.5. The van der Waals surface area contributed by atoms with Gasteiger partial charge in [0.15, 0.2) is 0 Å². The molecule has 0 radical (unpaired) electrons. The normalized spacial score (nSPS) is 10.9. The highest BCUT2D eigenvalue weighted by atomic mass is 32.2. The third-order valence-electron chi connectivity index (χ3n) is 2.51. The molecule has 0 aliphatic rings. The van der Waals surface area contributed by atoms with E-state index in [2.05, 4.69) is 11.9 Å². The van der Waals surface area contributed by atoms with E-state index in [0.717, 1.165) is 10.6 Å². The summed E-state index contributed by atoms with van der Waals surface area (Å²) in [6.07, 6.45) is 2.43. The predicted octanol–water partition coefficient (Wildman–Crippen LogP) is 1.28. The highest BCUT2D eigenvalue weighted by Crippen LogP contribution is 2.21. The maximum absolute atomic E-state index is 13.7. The first-order valence-corrected chi connectivity index (χ1v) is 7.81. The fraction of sp³-hybridized carbons (Fsp3) is 0.308. The molecule has 0 fully saturated rings. The van der Waals surface area contributed by atoms with Crippen LogP contribution in [0.15, 0.2) is 36.9 Å². The standard InChI is InChI=1S/C13H17FN2O3S/c1-3-9-15-13(17)8-10-16(20(2,18)19)12-7-5-4-6-11(12)14/h3-7H,1,8-10H2,2H3,(H,15,17). The third kappa shape index (κ3) is 4.65. The average Bonchev–Trinajstić information content (AvgIpc) is 2.37. The summed E-state index contributed by atoms with van der Waals surface area (Å²) in [6.45, 7) is 3.64. The molecule has 0 unspecified atom stereocenters. The minimum absolute atomic E-state index is 0.0603. The minimum atomic E-state index is -3.66. The number of nitrogens with zero attached hydrogens (tertiary/aromatic N) is 1. The van der Waals surface area contributed by atoms with E-state index in [9.17, 15) is 17.6 Å². The van der Waals surface area contributed by atoms with Gasteiger partial charge in [-0.05, 0) is 12.1 Å². The van der Waals surface area contributed by atoms with Gasteiger partial charge in [0.1, 0.15) is 5.82 Å². The summed E-state index contributed by atoms with van der Waals surface area (Å²) in [6, 6.07) is 5.54. The van der Waals surface area contributed by atoms with Crippen molar-refractivity contribution in [1.82, 2.24) is 5.32 Å². The molecule has 5 nitrogen and oxygen atoms in total. The van der Waals surface area contributed by atoms with Gasteiger partial charge in [-0.3, -0.25) is 9.10 Å². The first-order valence-electron chi connectivity index (χ1n) is 5.96. The highest BCUT2D eigenvalue weighted by Gasteiger charge is 2.21. The number of para-hydroxylation sites is 1. The van der Waals surface area contributed by atoms with E-state index < -0.39 is 15.8 Å². The van der Waals surface area contributed by atoms with Crippen molar-refractivity contribution in [3.63, 3.8) is 0 Å². The number of anilines is 1. The van der Waals surface area contributed by atoms with Crippen molar-refractivity contribution in [3.8, 4) is 0 Å². The lowest BCUT2D eigenvalue weighted by Gasteiger charge is -2.22. The van der Waals surface area contributed by atoms with Gasteiger partial charge in [-0.2, -0.15) is 0 Å². The Kier molecular flexibility index (Phi) is 5.69. The van der Waals surface area contributed by atoms with Crippen molar-refractivity contribution >= 4 is 21.6 Å². The van der Waals surface area contributed by atoms with Gasteiger partial charge in [0.05, 0.1) is 11.9 Å². The van der Waals surface area contributed by atoms with Gasteiger partial charge in [-0.25, -0.2) is 12.8 Å². The van der Waals surface area contributed by atoms with Crippen LogP contribution in [0.25, 0.3) is 0 Å². The largest absolute Gasteiger partial charge is 0.353 e. The molecule has 1 aromatic carbocycles. The smallest absolute Gasteiger partial charge is 0.232 e. The number of halogens is 1. The molecule has 1 N–H and O–H groups in total. The number of hydrogen-bond donors (Lipinski definition) is 1. The molecule has 0 aliphatic carbocycles. The van der Waals surface area contributed by atoms with Crippen LogP contribution in [0.4, 0.5) is 10.1 Å². The number of nitrogens with one attached hydrogen (secondary N) is 1. The van der Waals surface area contributed by atoms with Crippen LogP contribution in [0, 0.1) is 5.82 Å². The molecule has 20 heavy (non-hydrogen) atoms. The summed E-state index contributed by atoms with van der Waals surface area (Å²) in [5.41, 5.74) is -0.0634. The van der Waals surface area contributed by atoms with Gasteiger partial charge in [0, 0.05) is 19.5 Å². The van der Waals surface area contributed by atoms with Crippen LogP contribution in [0.5, 0.6) is 0 Å². The van der Waals surface area contributed by atoms with E-state index in [0.29, 0.717) is 6.54 Å². The fourth-order valence-electron chi connectivity index (χ4n) is 1.60. The Bertz CT molecular complexity index is 587. The van der Waals surface area contributed by atoms with E-state index in [1.807, 2.05) is 0 Å². The minimum Gasteiger partial charge on any atom is -0.353 e. The van der Waals surface area contributed by atoms with Crippen molar-refractivity contribution in [3.05, 3.63) is 42.7 Å². The fourth-order valence-corrected chi connectivity index (χ4v) is 2.52. The zero-order valence-electron chi connectivity index (χ0n) is 11.2. The maximum atomic E-state index is 13.7. The predicted molar refractivity (Wildman–Crippen MR) is 76.4 cm³/mol. The SMILES string of the molecule is C=CCNC(=O)CCN(c1ccccc1F)S(C)(=O)=O. The Labute approximate surface area is 118 Å². The number of rotatable bonds is 7. The van der Waals surface area contributed by atoms with Crippen molar-refractivity contribution in [2.75, 3.05) is 23.7 Å². The van der Waals surface area contributed by atoms with Gasteiger partial charge in [0.2, 0.25) is 15.9 Å². The lowest BCUT2D eigenvalue weighted by atomic mass is 10.3. The van der Waals surface area contributed by atoms with Crippen molar-refractivity contribution in [2.45, 2.75) is 6.42 Å². The third-order valence-corrected chi connectivity index (χ3v) is 3.69. The summed E-state index contributed by atoms with van der Waals surface area (Å²) >= 11 is 0. The average molecular weight is 300 g/mol. The molecule has 0 aromatic heterocycles. The first-order chi connectivity index (χ1) is 9.36. The lowest BCUT2D eigenvalue weighted by molar-refractivity contribution is -0.120. The molecule has 1 amide bonds. The summed E-state index contributed by atoms with van der Waals surface area (Å²) in [7, 11) is -3.66. The monoisotopic (exact) mass is 300 g/mol. The van der Waals surface area contributed by atoms with Gasteiger partial charge in [-0.15, -0.1) is 6.58 Å². The number of carbonyl (C=O) groups excluding carboxylic acids is 1. The number of amides is 1. The molecule has 1 rings (SSSR count).